The lowest BCUT2D eigenvalue weighted by molar-refractivity contribution is -0.327. The highest BCUT2D eigenvalue weighted by Crippen LogP contribution is 2.33. The summed E-state index contributed by atoms with van der Waals surface area (Å²) in [6.07, 6.45) is -7.31. The fourth-order valence-electron chi connectivity index (χ4n) is 2.86. The van der Waals surface area contributed by atoms with Gasteiger partial charge in [-0.3, -0.25) is 18.9 Å². The van der Waals surface area contributed by atoms with Gasteiger partial charge in [0.1, 0.15) is 24.6 Å². The van der Waals surface area contributed by atoms with Crippen molar-refractivity contribution in [2.45, 2.75) is 44.7 Å². The van der Waals surface area contributed by atoms with Gasteiger partial charge in [-0.1, -0.05) is 5.11 Å². The van der Waals surface area contributed by atoms with Crippen LogP contribution in [0.1, 0.15) is 20.1 Å². The zero-order valence-corrected chi connectivity index (χ0v) is 16.8. The van der Waals surface area contributed by atoms with E-state index < -0.39 is 61.6 Å². The largest absolute Gasteiger partial charge is 0.522 e. The average Bonchev–Trinajstić information content (AvgIpc) is 3.00. The number of halogens is 3. The van der Waals surface area contributed by atoms with Crippen molar-refractivity contribution in [3.63, 3.8) is 0 Å². The fourth-order valence-corrected chi connectivity index (χ4v) is 2.86. The van der Waals surface area contributed by atoms with E-state index in [-0.39, 0.29) is 12.4 Å². The molecule has 1 aromatic rings. The third kappa shape index (κ3) is 7.19. The number of carbonyl (C=O) groups is 2. The Kier molecular flexibility index (Phi) is 8.54. The summed E-state index contributed by atoms with van der Waals surface area (Å²) in [4.78, 5) is 41.1. The number of azide groups is 1. The fraction of sp³-hybridized carbons (Fsp3) is 0.625. The molecule has 0 aliphatic carbocycles. The molecule has 0 aromatic carbocycles. The Morgan fingerprint density at radius 1 is 1.38 bits per heavy atom. The van der Waals surface area contributed by atoms with Gasteiger partial charge < -0.3 is 19.5 Å². The number of ether oxygens (including phenoxy) is 4. The van der Waals surface area contributed by atoms with Gasteiger partial charge in [-0.2, -0.15) is 4.98 Å². The van der Waals surface area contributed by atoms with Gasteiger partial charge in [-0.25, -0.2) is 4.79 Å². The number of amides is 1. The molecule has 2 heterocycles. The first kappa shape index (κ1) is 25.1. The van der Waals surface area contributed by atoms with Gasteiger partial charge in [-0.05, 0) is 11.6 Å². The second-order valence-electron chi connectivity index (χ2n) is 6.38. The summed E-state index contributed by atoms with van der Waals surface area (Å²) in [6.45, 7) is 0.504. The quantitative estimate of drug-likeness (QED) is 0.187. The van der Waals surface area contributed by atoms with Crippen molar-refractivity contribution in [2.75, 3.05) is 25.1 Å². The highest BCUT2D eigenvalue weighted by molar-refractivity contribution is 5.87. The highest BCUT2D eigenvalue weighted by Gasteiger charge is 2.47. The minimum Gasteiger partial charge on any atom is -0.463 e. The normalized spacial score (nSPS) is 22.8. The first-order chi connectivity index (χ1) is 15.0. The minimum absolute atomic E-state index is 0.0455. The number of hydrogen-bond acceptors (Lipinski definition) is 9. The van der Waals surface area contributed by atoms with Gasteiger partial charge in [0.05, 0.1) is 19.3 Å². The topological polar surface area (TPSA) is 167 Å². The maximum Gasteiger partial charge on any atom is 0.522 e. The third-order valence-corrected chi connectivity index (χ3v) is 4.02. The van der Waals surface area contributed by atoms with Crippen LogP contribution in [-0.4, -0.2) is 65.9 Å². The van der Waals surface area contributed by atoms with E-state index >= 15 is 0 Å². The predicted molar refractivity (Wildman–Crippen MR) is 98.0 cm³/mol. The Morgan fingerprint density at radius 3 is 2.66 bits per heavy atom. The van der Waals surface area contributed by atoms with Crippen molar-refractivity contribution >= 4 is 17.7 Å². The second-order valence-corrected chi connectivity index (χ2v) is 6.38. The van der Waals surface area contributed by atoms with Crippen LogP contribution in [0.2, 0.25) is 0 Å². The Balaban J connectivity index is 2.30. The summed E-state index contributed by atoms with van der Waals surface area (Å²) < 4.78 is 57.2. The molecule has 176 valence electrons. The molecule has 1 aromatic heterocycles. The van der Waals surface area contributed by atoms with Crippen LogP contribution in [0.3, 0.4) is 0 Å². The lowest BCUT2D eigenvalue weighted by Gasteiger charge is -2.23. The number of alkyl halides is 3. The van der Waals surface area contributed by atoms with E-state index in [1.807, 2.05) is 0 Å². The summed E-state index contributed by atoms with van der Waals surface area (Å²) in [5.41, 5.74) is 8.00. The smallest absolute Gasteiger partial charge is 0.463 e. The summed E-state index contributed by atoms with van der Waals surface area (Å²) >= 11 is 0. The molecule has 4 atom stereocenters. The second kappa shape index (κ2) is 10.9. The Morgan fingerprint density at radius 2 is 2.09 bits per heavy atom. The SMILES string of the molecule is CC(=O)Nc1ccn([C@@H]2O[C@H](COC(C)=O)C(N=[N+]=[N-])[C@H]2OCCOC(F)(F)F)c(=O)n1. The van der Waals surface area contributed by atoms with Crippen molar-refractivity contribution in [1.82, 2.24) is 9.55 Å². The van der Waals surface area contributed by atoms with E-state index in [0.29, 0.717) is 0 Å². The van der Waals surface area contributed by atoms with Gasteiger partial charge in [0.2, 0.25) is 5.91 Å². The molecule has 32 heavy (non-hydrogen) atoms. The molecule has 1 amide bonds. The molecule has 0 bridgehead atoms. The van der Waals surface area contributed by atoms with Crippen molar-refractivity contribution < 1.29 is 41.7 Å². The Bertz CT molecular complexity index is 933. The van der Waals surface area contributed by atoms with E-state index in [9.17, 15) is 27.6 Å². The van der Waals surface area contributed by atoms with Crippen LogP contribution in [-0.2, 0) is 28.5 Å². The highest BCUT2D eigenvalue weighted by atomic mass is 19.4. The van der Waals surface area contributed by atoms with Crippen LogP contribution in [0.4, 0.5) is 19.0 Å². The van der Waals surface area contributed by atoms with Crippen LogP contribution < -0.4 is 11.0 Å². The molecule has 2 rings (SSSR count). The molecule has 16 heteroatoms. The van der Waals surface area contributed by atoms with Crippen molar-refractivity contribution in [2.24, 2.45) is 5.11 Å². The van der Waals surface area contributed by atoms with Crippen LogP contribution in [0.25, 0.3) is 10.4 Å². The summed E-state index contributed by atoms with van der Waals surface area (Å²) in [5.74, 6) is -1.18. The van der Waals surface area contributed by atoms with Crippen molar-refractivity contribution in [3.8, 4) is 0 Å². The van der Waals surface area contributed by atoms with E-state index in [1.54, 1.807) is 0 Å². The molecule has 1 aliphatic rings. The van der Waals surface area contributed by atoms with Crippen LogP contribution >= 0.6 is 0 Å². The van der Waals surface area contributed by atoms with Crippen molar-refractivity contribution in [1.29, 1.82) is 0 Å². The molecular weight excluding hydrogens is 445 g/mol. The lowest BCUT2D eigenvalue weighted by atomic mass is 10.1. The van der Waals surface area contributed by atoms with E-state index in [2.05, 4.69) is 25.1 Å². The molecule has 1 saturated heterocycles. The van der Waals surface area contributed by atoms with E-state index in [0.717, 1.165) is 11.5 Å². The first-order valence-corrected chi connectivity index (χ1v) is 9.04. The third-order valence-electron chi connectivity index (χ3n) is 4.02. The molecular formula is C16H19F3N6O7. The maximum atomic E-state index is 12.5. The number of carbonyl (C=O) groups excluding carboxylic acids is 2. The molecule has 0 spiro atoms. The van der Waals surface area contributed by atoms with Crippen molar-refractivity contribution in [3.05, 3.63) is 33.2 Å². The summed E-state index contributed by atoms with van der Waals surface area (Å²) in [6, 6.07) is 0.106. The molecule has 0 radical (unpaired) electrons. The number of nitrogens with zero attached hydrogens (tertiary/aromatic N) is 5. The number of rotatable bonds is 9. The molecule has 1 fully saturated rings. The Hall–Kier alpha value is -3.20. The van der Waals surface area contributed by atoms with Crippen LogP contribution in [0, 0.1) is 0 Å². The van der Waals surface area contributed by atoms with Gasteiger partial charge >= 0.3 is 18.0 Å². The number of hydrogen-bond donors (Lipinski definition) is 1. The number of anilines is 1. The zero-order valence-electron chi connectivity index (χ0n) is 16.8. The summed E-state index contributed by atoms with van der Waals surface area (Å²) in [7, 11) is 0. The average molecular weight is 464 g/mol. The van der Waals surface area contributed by atoms with E-state index in [1.165, 1.54) is 19.2 Å². The summed E-state index contributed by atoms with van der Waals surface area (Å²) in [5, 5.41) is 5.86. The van der Waals surface area contributed by atoms with Crippen LogP contribution in [0.5, 0.6) is 0 Å². The molecule has 0 saturated carbocycles. The van der Waals surface area contributed by atoms with Gasteiger partial charge in [0, 0.05) is 25.0 Å². The maximum absolute atomic E-state index is 12.5. The Labute approximate surface area is 178 Å². The lowest BCUT2D eigenvalue weighted by Crippen LogP contribution is -2.38. The molecule has 1 N–H and O–H groups in total. The number of nitrogens with one attached hydrogen (secondary N) is 1. The van der Waals surface area contributed by atoms with E-state index in [4.69, 9.17) is 19.7 Å². The van der Waals surface area contributed by atoms with Crippen LogP contribution in [0.15, 0.2) is 22.2 Å². The standard InChI is InChI=1S/C16H19F3N6O7/c1-8(26)21-11-3-4-25(15(28)22-11)14-13(29-5-6-31-16(17,18)19)12(23-24-20)10(32-14)7-30-9(2)27/h3-4,10,12-14H,5-7H2,1-2H3,(H,21,22,26,28)/t10-,12?,13-,14-/m1/s1. The first-order valence-electron chi connectivity index (χ1n) is 9.04. The number of esters is 1. The van der Waals surface area contributed by atoms with Gasteiger partial charge in [0.15, 0.2) is 6.23 Å². The minimum atomic E-state index is -4.88. The number of aromatic nitrogens is 2. The van der Waals surface area contributed by atoms with Gasteiger partial charge in [0.25, 0.3) is 0 Å². The molecule has 1 unspecified atom stereocenters. The predicted octanol–water partition coefficient (Wildman–Crippen LogP) is 1.26. The van der Waals surface area contributed by atoms with Gasteiger partial charge in [-0.15, -0.1) is 13.2 Å². The zero-order chi connectivity index (χ0) is 23.9. The monoisotopic (exact) mass is 464 g/mol. The molecule has 1 aliphatic heterocycles. The molecule has 13 nitrogen and oxygen atoms in total.